The lowest BCUT2D eigenvalue weighted by atomic mass is 9.98. The Labute approximate surface area is 142 Å². The molecule has 0 fully saturated rings. The van der Waals surface area contributed by atoms with Crippen molar-refractivity contribution in [3.63, 3.8) is 0 Å². The van der Waals surface area contributed by atoms with E-state index in [1.54, 1.807) is 6.07 Å². The minimum Gasteiger partial charge on any atom is -0.206 e. The second-order valence-corrected chi connectivity index (χ2v) is 6.20. The minimum atomic E-state index is -0.202. The molecule has 0 heterocycles. The van der Waals surface area contributed by atoms with E-state index >= 15 is 0 Å². The molecule has 0 aliphatic rings. The summed E-state index contributed by atoms with van der Waals surface area (Å²) < 4.78 is 14.5. The zero-order valence-electron chi connectivity index (χ0n) is 13.1. The quantitative estimate of drug-likeness (QED) is 0.528. The van der Waals surface area contributed by atoms with Crippen molar-refractivity contribution < 1.29 is 4.39 Å². The highest BCUT2D eigenvalue weighted by atomic mass is 32.1. The number of halogens is 1. The van der Waals surface area contributed by atoms with Crippen LogP contribution in [0.5, 0.6) is 0 Å². The van der Waals surface area contributed by atoms with Crippen LogP contribution in [-0.4, -0.2) is 0 Å². The molecular formula is C21H19FS. The maximum atomic E-state index is 14.5. The fraction of sp³-hybridized carbons (Fsp3) is 0.143. The zero-order chi connectivity index (χ0) is 16.2. The molecule has 0 aliphatic carbocycles. The van der Waals surface area contributed by atoms with E-state index in [2.05, 4.69) is 43.8 Å². The number of aryl methyl sites for hydroxylation is 1. The van der Waals surface area contributed by atoms with Crippen molar-refractivity contribution in [2.75, 3.05) is 0 Å². The second kappa shape index (κ2) is 7.01. The Morgan fingerprint density at radius 1 is 0.783 bits per heavy atom. The average molecular weight is 322 g/mol. The van der Waals surface area contributed by atoms with Crippen LogP contribution in [0.15, 0.2) is 71.6 Å². The number of hydrogen-bond acceptors (Lipinski definition) is 1. The first kappa shape index (κ1) is 15.8. The molecule has 0 nitrogen and oxygen atoms in total. The zero-order valence-corrected chi connectivity index (χ0v) is 14.0. The van der Waals surface area contributed by atoms with Crippen molar-refractivity contribution in [1.82, 2.24) is 0 Å². The van der Waals surface area contributed by atoms with Gasteiger partial charge in [-0.25, -0.2) is 4.39 Å². The van der Waals surface area contributed by atoms with Gasteiger partial charge < -0.3 is 0 Å². The molecule has 3 aromatic carbocycles. The SMILES string of the molecule is CCCc1ccc(-c2ccc(-c3ccc(S)cc3)c(F)c2)cc1. The summed E-state index contributed by atoms with van der Waals surface area (Å²) in [5, 5.41) is 0. The Morgan fingerprint density at radius 3 is 2.00 bits per heavy atom. The van der Waals surface area contributed by atoms with Gasteiger partial charge in [0, 0.05) is 10.5 Å². The maximum absolute atomic E-state index is 14.5. The van der Waals surface area contributed by atoms with Crippen LogP contribution in [0.1, 0.15) is 18.9 Å². The summed E-state index contributed by atoms with van der Waals surface area (Å²) in [6.07, 6.45) is 2.21. The summed E-state index contributed by atoms with van der Waals surface area (Å²) >= 11 is 4.26. The largest absolute Gasteiger partial charge is 0.206 e. The van der Waals surface area contributed by atoms with E-state index in [9.17, 15) is 4.39 Å². The molecule has 0 aliphatic heterocycles. The van der Waals surface area contributed by atoms with E-state index in [0.717, 1.165) is 34.4 Å². The summed E-state index contributed by atoms with van der Waals surface area (Å²) in [7, 11) is 0. The highest BCUT2D eigenvalue weighted by molar-refractivity contribution is 7.80. The normalized spacial score (nSPS) is 10.7. The van der Waals surface area contributed by atoms with E-state index in [1.165, 1.54) is 5.56 Å². The first-order chi connectivity index (χ1) is 11.2. The molecule has 0 saturated carbocycles. The van der Waals surface area contributed by atoms with Crippen molar-refractivity contribution in [2.45, 2.75) is 24.7 Å². The molecule has 116 valence electrons. The second-order valence-electron chi connectivity index (χ2n) is 5.69. The number of thiol groups is 1. The van der Waals surface area contributed by atoms with Crippen LogP contribution in [-0.2, 0) is 6.42 Å². The van der Waals surface area contributed by atoms with Gasteiger partial charge in [0.1, 0.15) is 5.82 Å². The lowest BCUT2D eigenvalue weighted by Crippen LogP contribution is -1.88. The van der Waals surface area contributed by atoms with Gasteiger partial charge in [-0.1, -0.05) is 61.9 Å². The summed E-state index contributed by atoms with van der Waals surface area (Å²) in [4.78, 5) is 0.873. The topological polar surface area (TPSA) is 0 Å². The van der Waals surface area contributed by atoms with E-state index in [0.29, 0.717) is 5.56 Å². The van der Waals surface area contributed by atoms with Gasteiger partial charge in [-0.2, -0.15) is 0 Å². The summed E-state index contributed by atoms with van der Waals surface area (Å²) in [6.45, 7) is 2.17. The van der Waals surface area contributed by atoms with Crippen LogP contribution in [0.25, 0.3) is 22.3 Å². The average Bonchev–Trinajstić information content (AvgIpc) is 2.57. The van der Waals surface area contributed by atoms with Crippen molar-refractivity contribution >= 4 is 12.6 Å². The molecule has 0 bridgehead atoms. The van der Waals surface area contributed by atoms with Gasteiger partial charge in [0.25, 0.3) is 0 Å². The predicted octanol–water partition coefficient (Wildman–Crippen LogP) is 6.40. The van der Waals surface area contributed by atoms with Crippen molar-refractivity contribution in [3.8, 4) is 22.3 Å². The van der Waals surface area contributed by atoms with Crippen LogP contribution >= 0.6 is 12.6 Å². The first-order valence-corrected chi connectivity index (χ1v) is 8.30. The molecule has 3 rings (SSSR count). The van der Waals surface area contributed by atoms with Gasteiger partial charge >= 0.3 is 0 Å². The van der Waals surface area contributed by atoms with E-state index in [1.807, 2.05) is 36.4 Å². The highest BCUT2D eigenvalue weighted by Gasteiger charge is 2.07. The maximum Gasteiger partial charge on any atom is 0.131 e. The van der Waals surface area contributed by atoms with Crippen LogP contribution < -0.4 is 0 Å². The predicted molar refractivity (Wildman–Crippen MR) is 98.5 cm³/mol. The standard InChI is InChI=1S/C21H19FS/c1-2-3-15-4-6-16(7-5-15)18-10-13-20(21(22)14-18)17-8-11-19(23)12-9-17/h4-14,23H,2-3H2,1H3. The molecule has 0 spiro atoms. The number of benzene rings is 3. The van der Waals surface area contributed by atoms with E-state index < -0.39 is 0 Å². The molecule has 0 radical (unpaired) electrons. The van der Waals surface area contributed by atoms with Crippen LogP contribution in [0, 0.1) is 5.82 Å². The molecule has 0 atom stereocenters. The molecule has 0 N–H and O–H groups in total. The molecular weight excluding hydrogens is 303 g/mol. The Morgan fingerprint density at radius 2 is 1.39 bits per heavy atom. The van der Waals surface area contributed by atoms with Gasteiger partial charge in [0.2, 0.25) is 0 Å². The molecule has 0 saturated heterocycles. The Hall–Kier alpha value is -2.06. The Kier molecular flexibility index (Phi) is 4.82. The van der Waals surface area contributed by atoms with Gasteiger partial charge in [-0.15, -0.1) is 12.6 Å². The van der Waals surface area contributed by atoms with E-state index in [4.69, 9.17) is 0 Å². The smallest absolute Gasteiger partial charge is 0.131 e. The van der Waals surface area contributed by atoms with Crippen LogP contribution in [0.3, 0.4) is 0 Å². The summed E-state index contributed by atoms with van der Waals surface area (Å²) in [6, 6.07) is 21.3. The molecule has 23 heavy (non-hydrogen) atoms. The van der Waals surface area contributed by atoms with Crippen LogP contribution in [0.2, 0.25) is 0 Å². The summed E-state index contributed by atoms with van der Waals surface area (Å²) in [5.41, 5.74) is 4.75. The van der Waals surface area contributed by atoms with Crippen molar-refractivity contribution in [1.29, 1.82) is 0 Å². The van der Waals surface area contributed by atoms with Gasteiger partial charge in [-0.3, -0.25) is 0 Å². The fourth-order valence-electron chi connectivity index (χ4n) is 2.72. The van der Waals surface area contributed by atoms with Gasteiger partial charge in [-0.05, 0) is 46.9 Å². The minimum absolute atomic E-state index is 0.202. The van der Waals surface area contributed by atoms with Crippen molar-refractivity contribution in [3.05, 3.63) is 78.1 Å². The third-order valence-corrected chi connectivity index (χ3v) is 4.27. The lowest BCUT2D eigenvalue weighted by Gasteiger charge is -2.08. The molecule has 0 amide bonds. The Bertz CT molecular complexity index is 789. The third-order valence-electron chi connectivity index (χ3n) is 3.97. The molecule has 0 aromatic heterocycles. The Balaban J connectivity index is 1.91. The monoisotopic (exact) mass is 322 g/mol. The van der Waals surface area contributed by atoms with E-state index in [-0.39, 0.29) is 5.82 Å². The first-order valence-electron chi connectivity index (χ1n) is 7.85. The molecule has 2 heteroatoms. The molecule has 0 unspecified atom stereocenters. The number of hydrogen-bond donors (Lipinski definition) is 1. The highest BCUT2D eigenvalue weighted by Crippen LogP contribution is 2.28. The molecule has 3 aromatic rings. The third kappa shape index (κ3) is 3.65. The van der Waals surface area contributed by atoms with Gasteiger partial charge in [0.15, 0.2) is 0 Å². The van der Waals surface area contributed by atoms with Crippen molar-refractivity contribution in [2.24, 2.45) is 0 Å². The summed E-state index contributed by atoms with van der Waals surface area (Å²) in [5.74, 6) is -0.202. The van der Waals surface area contributed by atoms with Crippen LogP contribution in [0.4, 0.5) is 4.39 Å². The number of rotatable bonds is 4. The lowest BCUT2D eigenvalue weighted by molar-refractivity contribution is 0.632. The van der Waals surface area contributed by atoms with Gasteiger partial charge in [0.05, 0.1) is 0 Å². The fourth-order valence-corrected chi connectivity index (χ4v) is 2.87.